The van der Waals surface area contributed by atoms with Crippen LogP contribution in [-0.2, 0) is 6.54 Å². The number of para-hydroxylation sites is 1. The normalized spacial score (nSPS) is 14.0. The van der Waals surface area contributed by atoms with E-state index in [1.807, 2.05) is 42.2 Å². The van der Waals surface area contributed by atoms with Crippen molar-refractivity contribution in [1.82, 2.24) is 4.98 Å². The highest BCUT2D eigenvalue weighted by atomic mass is 16.5. The lowest BCUT2D eigenvalue weighted by atomic mass is 10.1. The van der Waals surface area contributed by atoms with Gasteiger partial charge in [0, 0.05) is 24.0 Å². The number of aromatic carboxylic acids is 1. The summed E-state index contributed by atoms with van der Waals surface area (Å²) in [5.41, 5.74) is 2.77. The summed E-state index contributed by atoms with van der Waals surface area (Å²) in [6.07, 6.45) is 1.42. The highest BCUT2D eigenvalue weighted by Gasteiger charge is 2.20. The average molecular weight is 284 g/mol. The van der Waals surface area contributed by atoms with E-state index in [4.69, 9.17) is 4.74 Å². The minimum atomic E-state index is -0.962. The van der Waals surface area contributed by atoms with E-state index in [0.29, 0.717) is 25.4 Å². The summed E-state index contributed by atoms with van der Waals surface area (Å²) >= 11 is 0. The zero-order valence-electron chi connectivity index (χ0n) is 11.7. The number of benzene rings is 1. The van der Waals surface area contributed by atoms with E-state index in [1.54, 1.807) is 0 Å². The second-order valence-electron chi connectivity index (χ2n) is 5.03. The van der Waals surface area contributed by atoms with Crippen LogP contribution in [0.25, 0.3) is 0 Å². The summed E-state index contributed by atoms with van der Waals surface area (Å²) in [5.74, 6) is -0.0985. The fourth-order valence-corrected chi connectivity index (χ4v) is 2.50. The van der Waals surface area contributed by atoms with Gasteiger partial charge in [-0.2, -0.15) is 0 Å². The van der Waals surface area contributed by atoms with Crippen LogP contribution in [0.1, 0.15) is 21.6 Å². The SMILES string of the molecule is Cc1cc(N2CCOc3ccccc3C2)c(C(=O)O)cn1. The van der Waals surface area contributed by atoms with Gasteiger partial charge >= 0.3 is 5.97 Å². The van der Waals surface area contributed by atoms with E-state index in [9.17, 15) is 9.90 Å². The van der Waals surface area contributed by atoms with Gasteiger partial charge in [-0.1, -0.05) is 18.2 Å². The van der Waals surface area contributed by atoms with Crippen LogP contribution < -0.4 is 9.64 Å². The molecule has 0 bridgehead atoms. The number of carboxylic acids is 1. The van der Waals surface area contributed by atoms with Gasteiger partial charge in [0.25, 0.3) is 0 Å². The Hall–Kier alpha value is -2.56. The largest absolute Gasteiger partial charge is 0.491 e. The fraction of sp³-hybridized carbons (Fsp3) is 0.250. The van der Waals surface area contributed by atoms with Crippen molar-refractivity contribution >= 4 is 11.7 Å². The average Bonchev–Trinajstić information content (AvgIpc) is 2.68. The third-order valence-corrected chi connectivity index (χ3v) is 3.54. The number of nitrogens with zero attached hydrogens (tertiary/aromatic N) is 2. The van der Waals surface area contributed by atoms with Gasteiger partial charge in [-0.05, 0) is 19.1 Å². The second kappa shape index (κ2) is 5.44. The van der Waals surface area contributed by atoms with Crippen LogP contribution in [0, 0.1) is 6.92 Å². The molecular weight excluding hydrogens is 268 g/mol. The van der Waals surface area contributed by atoms with E-state index in [0.717, 1.165) is 17.0 Å². The van der Waals surface area contributed by atoms with Crippen molar-refractivity contribution in [2.75, 3.05) is 18.1 Å². The van der Waals surface area contributed by atoms with Crippen molar-refractivity contribution in [1.29, 1.82) is 0 Å². The first-order valence-corrected chi connectivity index (χ1v) is 6.81. The molecular formula is C16H16N2O3. The maximum atomic E-state index is 11.4. The van der Waals surface area contributed by atoms with Crippen LogP contribution >= 0.6 is 0 Å². The summed E-state index contributed by atoms with van der Waals surface area (Å²) in [4.78, 5) is 17.5. The minimum Gasteiger partial charge on any atom is -0.491 e. The number of rotatable bonds is 2. The molecule has 0 saturated heterocycles. The molecule has 0 atom stereocenters. The minimum absolute atomic E-state index is 0.222. The Morgan fingerprint density at radius 2 is 2.19 bits per heavy atom. The van der Waals surface area contributed by atoms with Crippen LogP contribution in [0.15, 0.2) is 36.5 Å². The molecule has 3 rings (SSSR count). The lowest BCUT2D eigenvalue weighted by Crippen LogP contribution is -2.27. The van der Waals surface area contributed by atoms with Gasteiger partial charge in [-0.3, -0.25) is 4.98 Å². The molecule has 0 spiro atoms. The number of hydrogen-bond donors (Lipinski definition) is 1. The summed E-state index contributed by atoms with van der Waals surface area (Å²) in [7, 11) is 0. The van der Waals surface area contributed by atoms with Crippen LogP contribution in [0.4, 0.5) is 5.69 Å². The quantitative estimate of drug-likeness (QED) is 0.918. The number of pyridine rings is 1. The molecule has 1 N–H and O–H groups in total. The molecule has 21 heavy (non-hydrogen) atoms. The van der Waals surface area contributed by atoms with Gasteiger partial charge in [0.1, 0.15) is 17.9 Å². The van der Waals surface area contributed by atoms with Crippen molar-refractivity contribution in [2.45, 2.75) is 13.5 Å². The van der Waals surface area contributed by atoms with Crippen molar-refractivity contribution in [3.63, 3.8) is 0 Å². The predicted molar refractivity (Wildman–Crippen MR) is 78.9 cm³/mol. The molecule has 1 aromatic heterocycles. The molecule has 0 saturated carbocycles. The summed E-state index contributed by atoms with van der Waals surface area (Å²) in [6.45, 7) is 3.65. The number of fused-ring (bicyclic) bond motifs is 1. The standard InChI is InChI=1S/C16H16N2O3/c1-11-8-14(13(9-17-11)16(19)20)18-6-7-21-15-5-3-2-4-12(15)10-18/h2-5,8-9H,6-7,10H2,1H3,(H,19,20). The highest BCUT2D eigenvalue weighted by Crippen LogP contribution is 2.28. The van der Waals surface area contributed by atoms with E-state index in [-0.39, 0.29) is 5.56 Å². The molecule has 5 nitrogen and oxygen atoms in total. The van der Waals surface area contributed by atoms with Crippen molar-refractivity contribution in [3.05, 3.63) is 53.3 Å². The number of carbonyl (C=O) groups is 1. The maximum absolute atomic E-state index is 11.4. The molecule has 0 amide bonds. The Labute approximate surface area is 122 Å². The number of carboxylic acid groups (broad SMARTS) is 1. The summed E-state index contributed by atoms with van der Waals surface area (Å²) in [6, 6.07) is 9.66. The Kier molecular flexibility index (Phi) is 3.48. The van der Waals surface area contributed by atoms with Crippen molar-refractivity contribution < 1.29 is 14.6 Å². The smallest absolute Gasteiger partial charge is 0.339 e. The third-order valence-electron chi connectivity index (χ3n) is 3.54. The molecule has 0 unspecified atom stereocenters. The molecule has 1 aromatic carbocycles. The van der Waals surface area contributed by atoms with Crippen molar-refractivity contribution in [3.8, 4) is 5.75 Å². The first kappa shape index (κ1) is 13.4. The zero-order valence-corrected chi connectivity index (χ0v) is 11.7. The van der Waals surface area contributed by atoms with Crippen LogP contribution in [-0.4, -0.2) is 29.2 Å². The third kappa shape index (κ3) is 2.67. The number of hydrogen-bond acceptors (Lipinski definition) is 4. The van der Waals surface area contributed by atoms with Gasteiger partial charge in [0.05, 0.1) is 12.2 Å². The van der Waals surface area contributed by atoms with Crippen LogP contribution in [0.3, 0.4) is 0 Å². The molecule has 2 heterocycles. The molecule has 5 heteroatoms. The van der Waals surface area contributed by atoms with Crippen molar-refractivity contribution in [2.24, 2.45) is 0 Å². The number of ether oxygens (including phenoxy) is 1. The van der Waals surface area contributed by atoms with E-state index < -0.39 is 5.97 Å². The van der Waals surface area contributed by atoms with Gasteiger partial charge in [-0.15, -0.1) is 0 Å². The Balaban J connectivity index is 2.01. The molecule has 1 aliphatic rings. The van der Waals surface area contributed by atoms with Gasteiger partial charge in [-0.25, -0.2) is 4.79 Å². The Bertz CT molecular complexity index is 685. The molecule has 0 fully saturated rings. The lowest BCUT2D eigenvalue weighted by molar-refractivity contribution is 0.0697. The van der Waals surface area contributed by atoms with Gasteiger partial charge in [0.15, 0.2) is 0 Å². The molecule has 1 aliphatic heterocycles. The topological polar surface area (TPSA) is 62.7 Å². The summed E-state index contributed by atoms with van der Waals surface area (Å²) in [5, 5.41) is 9.35. The summed E-state index contributed by atoms with van der Waals surface area (Å²) < 4.78 is 5.73. The fourth-order valence-electron chi connectivity index (χ4n) is 2.50. The van der Waals surface area contributed by atoms with Crippen LogP contribution in [0.2, 0.25) is 0 Å². The number of aromatic nitrogens is 1. The molecule has 0 radical (unpaired) electrons. The van der Waals surface area contributed by atoms with E-state index in [2.05, 4.69) is 4.98 Å². The predicted octanol–water partition coefficient (Wildman–Crippen LogP) is 2.49. The highest BCUT2D eigenvalue weighted by molar-refractivity contribution is 5.94. The second-order valence-corrected chi connectivity index (χ2v) is 5.03. The maximum Gasteiger partial charge on any atom is 0.339 e. The Morgan fingerprint density at radius 1 is 1.38 bits per heavy atom. The Morgan fingerprint density at radius 3 is 3.00 bits per heavy atom. The first-order valence-electron chi connectivity index (χ1n) is 6.81. The van der Waals surface area contributed by atoms with Gasteiger partial charge in [0.2, 0.25) is 0 Å². The van der Waals surface area contributed by atoms with Gasteiger partial charge < -0.3 is 14.7 Å². The van der Waals surface area contributed by atoms with Crippen LogP contribution in [0.5, 0.6) is 5.75 Å². The molecule has 108 valence electrons. The monoisotopic (exact) mass is 284 g/mol. The lowest BCUT2D eigenvalue weighted by Gasteiger charge is -2.24. The molecule has 2 aromatic rings. The van der Waals surface area contributed by atoms with E-state index in [1.165, 1.54) is 6.20 Å². The number of aryl methyl sites for hydroxylation is 1. The zero-order chi connectivity index (χ0) is 14.8. The number of anilines is 1. The van der Waals surface area contributed by atoms with E-state index >= 15 is 0 Å². The molecule has 0 aliphatic carbocycles. The first-order chi connectivity index (χ1) is 10.1.